The van der Waals surface area contributed by atoms with Gasteiger partial charge < -0.3 is 4.42 Å². The zero-order valence-corrected chi connectivity index (χ0v) is 6.69. The van der Waals surface area contributed by atoms with Gasteiger partial charge in [0.15, 0.2) is 5.76 Å². The van der Waals surface area contributed by atoms with Crippen LogP contribution in [0, 0.1) is 11.3 Å². The van der Waals surface area contributed by atoms with Crippen LogP contribution >= 0.6 is 0 Å². The zero-order chi connectivity index (χ0) is 9.10. The molecule has 0 aliphatic carbocycles. The van der Waals surface area contributed by atoms with E-state index in [9.17, 15) is 0 Å². The van der Waals surface area contributed by atoms with Crippen LogP contribution in [0.4, 0.5) is 0 Å². The number of nitrogens with zero attached hydrogens (tertiary/aromatic N) is 3. The summed E-state index contributed by atoms with van der Waals surface area (Å²) in [5.74, 6) is 1.63. The molecule has 64 valence electrons. The van der Waals surface area contributed by atoms with Gasteiger partial charge in [0, 0.05) is 0 Å². The Balaban J connectivity index is 2.29. The monoisotopic (exact) mass is 174 g/mol. The number of aromatic nitrogens is 3. The average molecular weight is 174 g/mol. The first-order valence-electron chi connectivity index (χ1n) is 3.72. The molecule has 0 bridgehead atoms. The van der Waals surface area contributed by atoms with Crippen LogP contribution in [0.2, 0.25) is 0 Å². The Kier molecular flexibility index (Phi) is 1.81. The summed E-state index contributed by atoms with van der Waals surface area (Å²) in [5, 5.41) is 14.9. The van der Waals surface area contributed by atoms with Gasteiger partial charge in [-0.3, -0.25) is 5.10 Å². The molecule has 0 saturated heterocycles. The van der Waals surface area contributed by atoms with E-state index in [2.05, 4.69) is 15.2 Å². The maximum atomic E-state index is 8.40. The standard InChI is InChI=1S/C8H6N4O/c9-4-3-7-10-8(12-11-7)6-2-1-5-13-6/h1-2,5H,3H2,(H,10,11,12). The Labute approximate surface area is 74.0 Å². The fourth-order valence-corrected chi connectivity index (χ4v) is 0.965. The fraction of sp³-hybridized carbons (Fsp3) is 0.125. The van der Waals surface area contributed by atoms with Crippen molar-refractivity contribution in [2.75, 3.05) is 0 Å². The predicted octanol–water partition coefficient (Wildman–Crippen LogP) is 1.13. The molecule has 0 aromatic carbocycles. The molecular weight excluding hydrogens is 168 g/mol. The van der Waals surface area contributed by atoms with E-state index >= 15 is 0 Å². The lowest BCUT2D eigenvalue weighted by atomic mass is 10.4. The Bertz CT molecular complexity index is 423. The molecule has 2 heterocycles. The molecule has 0 amide bonds. The van der Waals surface area contributed by atoms with Crippen LogP contribution in [-0.2, 0) is 6.42 Å². The van der Waals surface area contributed by atoms with Crippen molar-refractivity contribution in [2.45, 2.75) is 6.42 Å². The Morgan fingerprint density at radius 2 is 2.54 bits per heavy atom. The van der Waals surface area contributed by atoms with E-state index in [1.807, 2.05) is 6.07 Å². The number of aromatic amines is 1. The summed E-state index contributed by atoms with van der Waals surface area (Å²) in [5.41, 5.74) is 0. The third-order valence-corrected chi connectivity index (χ3v) is 1.52. The van der Waals surface area contributed by atoms with Gasteiger partial charge in [-0.1, -0.05) is 0 Å². The molecule has 0 aliphatic heterocycles. The summed E-state index contributed by atoms with van der Waals surface area (Å²) in [4.78, 5) is 4.06. The molecule has 0 fully saturated rings. The molecule has 0 radical (unpaired) electrons. The topological polar surface area (TPSA) is 78.5 Å². The van der Waals surface area contributed by atoms with Crippen LogP contribution in [0.3, 0.4) is 0 Å². The van der Waals surface area contributed by atoms with Gasteiger partial charge in [0.25, 0.3) is 0 Å². The fourth-order valence-electron chi connectivity index (χ4n) is 0.965. The predicted molar refractivity (Wildman–Crippen MR) is 43.4 cm³/mol. The van der Waals surface area contributed by atoms with Crippen molar-refractivity contribution in [1.29, 1.82) is 5.26 Å². The Morgan fingerprint density at radius 1 is 1.62 bits per heavy atom. The quantitative estimate of drug-likeness (QED) is 0.740. The highest BCUT2D eigenvalue weighted by molar-refractivity contribution is 5.45. The molecule has 0 atom stereocenters. The number of H-pyrrole nitrogens is 1. The number of hydrogen-bond donors (Lipinski definition) is 1. The number of hydrogen-bond acceptors (Lipinski definition) is 4. The summed E-state index contributed by atoms with van der Waals surface area (Å²) >= 11 is 0. The van der Waals surface area contributed by atoms with Crippen molar-refractivity contribution in [1.82, 2.24) is 15.2 Å². The van der Waals surface area contributed by atoms with Gasteiger partial charge in [0.1, 0.15) is 5.82 Å². The van der Waals surface area contributed by atoms with Crippen LogP contribution in [0.25, 0.3) is 11.6 Å². The van der Waals surface area contributed by atoms with Crippen molar-refractivity contribution in [3.63, 3.8) is 0 Å². The summed E-state index contributed by atoms with van der Waals surface area (Å²) in [6.07, 6.45) is 1.78. The zero-order valence-electron chi connectivity index (χ0n) is 6.69. The van der Waals surface area contributed by atoms with Crippen molar-refractivity contribution in [2.24, 2.45) is 0 Å². The van der Waals surface area contributed by atoms with Crippen molar-refractivity contribution in [3.05, 3.63) is 24.2 Å². The first-order valence-corrected chi connectivity index (χ1v) is 3.72. The summed E-state index contributed by atoms with van der Waals surface area (Å²) in [6, 6.07) is 5.50. The summed E-state index contributed by atoms with van der Waals surface area (Å²) in [6.45, 7) is 0. The number of rotatable bonds is 2. The first kappa shape index (κ1) is 7.55. The molecular formula is C8H6N4O. The van der Waals surface area contributed by atoms with E-state index in [0.717, 1.165) is 0 Å². The molecule has 5 nitrogen and oxygen atoms in total. The van der Waals surface area contributed by atoms with Gasteiger partial charge in [0.2, 0.25) is 5.82 Å². The molecule has 2 rings (SSSR count). The molecule has 2 aromatic rings. The molecule has 1 N–H and O–H groups in total. The van der Waals surface area contributed by atoms with Crippen molar-refractivity contribution in [3.8, 4) is 17.7 Å². The normalized spacial score (nSPS) is 9.77. The minimum Gasteiger partial charge on any atom is -0.461 e. The molecule has 2 aromatic heterocycles. The van der Waals surface area contributed by atoms with Gasteiger partial charge in [-0.25, -0.2) is 4.98 Å². The smallest absolute Gasteiger partial charge is 0.216 e. The van der Waals surface area contributed by atoms with Crippen LogP contribution in [0.1, 0.15) is 5.82 Å². The van der Waals surface area contributed by atoms with Crippen LogP contribution in [0.5, 0.6) is 0 Å². The van der Waals surface area contributed by atoms with Gasteiger partial charge in [-0.05, 0) is 12.1 Å². The second kappa shape index (κ2) is 3.11. The van der Waals surface area contributed by atoms with Gasteiger partial charge >= 0.3 is 0 Å². The maximum Gasteiger partial charge on any atom is 0.216 e. The molecule has 0 aliphatic rings. The lowest BCUT2D eigenvalue weighted by Crippen LogP contribution is -1.83. The second-order valence-electron chi connectivity index (χ2n) is 2.42. The molecule has 13 heavy (non-hydrogen) atoms. The van der Waals surface area contributed by atoms with Gasteiger partial charge in [-0.2, -0.15) is 10.4 Å². The highest BCUT2D eigenvalue weighted by Crippen LogP contribution is 2.14. The molecule has 0 unspecified atom stereocenters. The second-order valence-corrected chi connectivity index (χ2v) is 2.42. The summed E-state index contributed by atoms with van der Waals surface area (Å²) in [7, 11) is 0. The first-order chi connectivity index (χ1) is 6.40. The van der Waals surface area contributed by atoms with Crippen LogP contribution < -0.4 is 0 Å². The van der Waals surface area contributed by atoms with E-state index in [-0.39, 0.29) is 6.42 Å². The molecule has 0 spiro atoms. The van der Waals surface area contributed by atoms with E-state index in [0.29, 0.717) is 17.4 Å². The number of nitrogens with one attached hydrogen (secondary N) is 1. The third kappa shape index (κ3) is 1.42. The minimum absolute atomic E-state index is 0.230. The lowest BCUT2D eigenvalue weighted by molar-refractivity contribution is 0.577. The molecule has 5 heteroatoms. The number of nitriles is 1. The highest BCUT2D eigenvalue weighted by atomic mass is 16.3. The van der Waals surface area contributed by atoms with Gasteiger partial charge in [0.05, 0.1) is 18.8 Å². The van der Waals surface area contributed by atoms with Crippen LogP contribution in [-0.4, -0.2) is 15.2 Å². The summed E-state index contributed by atoms with van der Waals surface area (Å²) < 4.78 is 5.08. The third-order valence-electron chi connectivity index (χ3n) is 1.52. The van der Waals surface area contributed by atoms with Gasteiger partial charge in [-0.15, -0.1) is 0 Å². The Hall–Kier alpha value is -2.09. The number of furan rings is 1. The Morgan fingerprint density at radius 3 is 3.23 bits per heavy atom. The van der Waals surface area contributed by atoms with E-state index in [4.69, 9.17) is 9.68 Å². The van der Waals surface area contributed by atoms with Crippen LogP contribution in [0.15, 0.2) is 22.8 Å². The van der Waals surface area contributed by atoms with E-state index < -0.39 is 0 Å². The maximum absolute atomic E-state index is 8.40. The lowest BCUT2D eigenvalue weighted by Gasteiger charge is -1.83. The highest BCUT2D eigenvalue weighted by Gasteiger charge is 2.06. The largest absolute Gasteiger partial charge is 0.461 e. The van der Waals surface area contributed by atoms with E-state index in [1.54, 1.807) is 18.4 Å². The minimum atomic E-state index is 0.230. The van der Waals surface area contributed by atoms with E-state index in [1.165, 1.54) is 0 Å². The SMILES string of the molecule is N#CCc1nc(-c2ccco2)n[nH]1. The molecule has 0 saturated carbocycles. The van der Waals surface area contributed by atoms with Crippen molar-refractivity contribution < 1.29 is 4.42 Å². The van der Waals surface area contributed by atoms with Crippen molar-refractivity contribution >= 4 is 0 Å². The average Bonchev–Trinajstić information content (AvgIpc) is 2.70.